The molecule has 1 heterocycles. The van der Waals surface area contributed by atoms with Crippen LogP contribution in [-0.2, 0) is 9.53 Å². The lowest BCUT2D eigenvalue weighted by molar-refractivity contribution is -0.149. The van der Waals surface area contributed by atoms with Crippen molar-refractivity contribution in [3.63, 3.8) is 0 Å². The number of anilines is 1. The van der Waals surface area contributed by atoms with E-state index in [4.69, 9.17) is 9.84 Å². The van der Waals surface area contributed by atoms with E-state index in [9.17, 15) is 14.7 Å². The molecule has 0 aliphatic carbocycles. The van der Waals surface area contributed by atoms with Gasteiger partial charge in [0.15, 0.2) is 0 Å². The molecule has 0 spiro atoms. The first-order valence-electron chi connectivity index (χ1n) is 8.64. The van der Waals surface area contributed by atoms with E-state index >= 15 is 0 Å². The van der Waals surface area contributed by atoms with Gasteiger partial charge in [0.2, 0.25) is 0 Å². The Morgan fingerprint density at radius 3 is 2.64 bits per heavy atom. The standard InChI is InChI=1S/C18H26N2O5/c1-2-25-18(24)13-7-9-20(10-8-13)17(23)15-5-3-4-6-16(15)19-11-14(22)12-21/h3-6,13-14,19,21-22H,2,7-12H2,1H3. The van der Waals surface area contributed by atoms with E-state index in [1.165, 1.54) is 0 Å². The molecule has 0 bridgehead atoms. The number of aliphatic hydroxyl groups excluding tert-OH is 2. The van der Waals surface area contributed by atoms with Gasteiger partial charge in [-0.2, -0.15) is 0 Å². The fourth-order valence-electron chi connectivity index (χ4n) is 2.86. The van der Waals surface area contributed by atoms with Gasteiger partial charge in [0.1, 0.15) is 0 Å². The molecule has 0 saturated carbocycles. The Kier molecular flexibility index (Phi) is 7.21. The number of benzene rings is 1. The summed E-state index contributed by atoms with van der Waals surface area (Å²) in [6.07, 6.45) is 0.316. The lowest BCUT2D eigenvalue weighted by atomic mass is 9.96. The van der Waals surface area contributed by atoms with Gasteiger partial charge in [0.25, 0.3) is 5.91 Å². The van der Waals surface area contributed by atoms with Gasteiger partial charge in [-0.1, -0.05) is 12.1 Å². The second-order valence-corrected chi connectivity index (χ2v) is 6.08. The number of carbonyl (C=O) groups is 2. The number of para-hydroxylation sites is 1. The molecule has 1 saturated heterocycles. The quantitative estimate of drug-likeness (QED) is 0.631. The van der Waals surface area contributed by atoms with E-state index in [1.807, 2.05) is 0 Å². The molecule has 0 radical (unpaired) electrons. The highest BCUT2D eigenvalue weighted by molar-refractivity contribution is 5.99. The summed E-state index contributed by atoms with van der Waals surface area (Å²) in [4.78, 5) is 26.3. The van der Waals surface area contributed by atoms with Crippen molar-refractivity contribution >= 4 is 17.6 Å². The Morgan fingerprint density at radius 1 is 1.32 bits per heavy atom. The fraction of sp³-hybridized carbons (Fsp3) is 0.556. The highest BCUT2D eigenvalue weighted by Gasteiger charge is 2.29. The van der Waals surface area contributed by atoms with Gasteiger partial charge in [0, 0.05) is 25.3 Å². The first-order chi connectivity index (χ1) is 12.1. The van der Waals surface area contributed by atoms with Crippen molar-refractivity contribution in [2.75, 3.05) is 38.2 Å². The molecular formula is C18H26N2O5. The van der Waals surface area contributed by atoms with Crippen LogP contribution in [0.4, 0.5) is 5.69 Å². The minimum Gasteiger partial charge on any atom is -0.466 e. The van der Waals surface area contributed by atoms with E-state index < -0.39 is 6.10 Å². The molecule has 25 heavy (non-hydrogen) atoms. The Hall–Kier alpha value is -2.12. The third kappa shape index (κ3) is 5.17. The van der Waals surface area contributed by atoms with Crippen LogP contribution in [0.2, 0.25) is 0 Å². The summed E-state index contributed by atoms with van der Waals surface area (Å²) in [5, 5.41) is 21.4. The van der Waals surface area contributed by atoms with Crippen molar-refractivity contribution in [2.24, 2.45) is 5.92 Å². The Balaban J connectivity index is 1.98. The van der Waals surface area contributed by atoms with E-state index in [-0.39, 0.29) is 30.9 Å². The maximum absolute atomic E-state index is 12.8. The number of carbonyl (C=O) groups excluding carboxylic acids is 2. The van der Waals surface area contributed by atoms with Crippen molar-refractivity contribution < 1.29 is 24.5 Å². The minimum atomic E-state index is -0.886. The van der Waals surface area contributed by atoms with Crippen LogP contribution in [0.1, 0.15) is 30.1 Å². The first kappa shape index (κ1) is 19.2. The summed E-state index contributed by atoms with van der Waals surface area (Å²) in [5.74, 6) is -0.435. The zero-order valence-electron chi connectivity index (χ0n) is 14.5. The zero-order valence-corrected chi connectivity index (χ0v) is 14.5. The van der Waals surface area contributed by atoms with Crippen molar-refractivity contribution in [1.29, 1.82) is 0 Å². The van der Waals surface area contributed by atoms with Crippen molar-refractivity contribution in [3.8, 4) is 0 Å². The van der Waals surface area contributed by atoms with Gasteiger partial charge in [0.05, 0.1) is 30.8 Å². The van der Waals surface area contributed by atoms with Crippen molar-refractivity contribution in [1.82, 2.24) is 4.90 Å². The number of likely N-dealkylation sites (tertiary alicyclic amines) is 1. The molecule has 1 aliphatic rings. The monoisotopic (exact) mass is 350 g/mol. The van der Waals surface area contributed by atoms with Crippen LogP contribution in [0, 0.1) is 5.92 Å². The van der Waals surface area contributed by atoms with Crippen LogP contribution in [0.3, 0.4) is 0 Å². The van der Waals surface area contributed by atoms with Crippen LogP contribution in [-0.4, -0.2) is 65.9 Å². The zero-order chi connectivity index (χ0) is 18.2. The lowest BCUT2D eigenvalue weighted by Gasteiger charge is -2.31. The number of hydrogen-bond donors (Lipinski definition) is 3. The van der Waals surface area contributed by atoms with Crippen LogP contribution in [0.15, 0.2) is 24.3 Å². The summed E-state index contributed by atoms with van der Waals surface area (Å²) in [7, 11) is 0. The maximum atomic E-state index is 12.8. The highest BCUT2D eigenvalue weighted by Crippen LogP contribution is 2.23. The van der Waals surface area contributed by atoms with E-state index in [0.29, 0.717) is 43.8 Å². The molecule has 1 aliphatic heterocycles. The predicted molar refractivity (Wildman–Crippen MR) is 93.3 cm³/mol. The topological polar surface area (TPSA) is 99.1 Å². The van der Waals surface area contributed by atoms with Crippen LogP contribution >= 0.6 is 0 Å². The molecular weight excluding hydrogens is 324 g/mol. The smallest absolute Gasteiger partial charge is 0.309 e. The molecule has 138 valence electrons. The fourth-order valence-corrected chi connectivity index (χ4v) is 2.86. The molecule has 3 N–H and O–H groups in total. The molecule has 1 amide bonds. The molecule has 1 atom stereocenters. The summed E-state index contributed by atoms with van der Waals surface area (Å²) in [5.41, 5.74) is 1.13. The molecule has 2 rings (SSSR count). The SMILES string of the molecule is CCOC(=O)C1CCN(C(=O)c2ccccc2NCC(O)CO)CC1. The average Bonchev–Trinajstić information content (AvgIpc) is 2.66. The first-order valence-corrected chi connectivity index (χ1v) is 8.64. The second-order valence-electron chi connectivity index (χ2n) is 6.08. The summed E-state index contributed by atoms with van der Waals surface area (Å²) in [6, 6.07) is 7.08. The largest absolute Gasteiger partial charge is 0.466 e. The maximum Gasteiger partial charge on any atom is 0.309 e. The van der Waals surface area contributed by atoms with Crippen LogP contribution in [0.5, 0.6) is 0 Å². The number of nitrogens with one attached hydrogen (secondary N) is 1. The van der Waals surface area contributed by atoms with Crippen molar-refractivity contribution in [3.05, 3.63) is 29.8 Å². The number of piperidine rings is 1. The van der Waals surface area contributed by atoms with E-state index in [1.54, 1.807) is 36.1 Å². The molecule has 7 heteroatoms. The summed E-state index contributed by atoms with van der Waals surface area (Å²) < 4.78 is 5.05. The van der Waals surface area contributed by atoms with Gasteiger partial charge >= 0.3 is 5.97 Å². The van der Waals surface area contributed by atoms with Crippen molar-refractivity contribution in [2.45, 2.75) is 25.9 Å². The molecule has 0 aromatic heterocycles. The number of nitrogens with zero attached hydrogens (tertiary/aromatic N) is 1. The second kappa shape index (κ2) is 9.39. The highest BCUT2D eigenvalue weighted by atomic mass is 16.5. The number of ether oxygens (including phenoxy) is 1. The number of hydrogen-bond acceptors (Lipinski definition) is 6. The van der Waals surface area contributed by atoms with Gasteiger partial charge in [-0.3, -0.25) is 9.59 Å². The number of amides is 1. The van der Waals surface area contributed by atoms with E-state index in [0.717, 1.165) is 0 Å². The van der Waals surface area contributed by atoms with Gasteiger partial charge < -0.3 is 25.2 Å². The van der Waals surface area contributed by atoms with E-state index in [2.05, 4.69) is 5.32 Å². The molecule has 1 aromatic carbocycles. The average molecular weight is 350 g/mol. The lowest BCUT2D eigenvalue weighted by Crippen LogP contribution is -2.41. The predicted octanol–water partition coefficient (Wildman–Crippen LogP) is 0.867. The minimum absolute atomic E-state index is 0.108. The van der Waals surface area contributed by atoms with Crippen LogP contribution in [0.25, 0.3) is 0 Å². The van der Waals surface area contributed by atoms with Crippen LogP contribution < -0.4 is 5.32 Å². The number of esters is 1. The van der Waals surface area contributed by atoms with Gasteiger partial charge in [-0.15, -0.1) is 0 Å². The molecule has 1 fully saturated rings. The summed E-state index contributed by atoms with van der Waals surface area (Å²) >= 11 is 0. The Morgan fingerprint density at radius 2 is 2.00 bits per heavy atom. The Bertz CT molecular complexity index is 585. The Labute approximate surface area is 147 Å². The third-order valence-electron chi connectivity index (χ3n) is 4.30. The molecule has 1 aromatic rings. The third-order valence-corrected chi connectivity index (χ3v) is 4.30. The van der Waals surface area contributed by atoms with Gasteiger partial charge in [-0.05, 0) is 31.9 Å². The summed E-state index contributed by atoms with van der Waals surface area (Å²) in [6.45, 7) is 2.99. The number of aliphatic hydroxyl groups is 2. The molecule has 1 unspecified atom stereocenters. The number of rotatable bonds is 7. The molecule has 7 nitrogen and oxygen atoms in total. The van der Waals surface area contributed by atoms with Gasteiger partial charge in [-0.25, -0.2) is 0 Å². The normalized spacial score (nSPS) is 16.4.